The summed E-state index contributed by atoms with van der Waals surface area (Å²) in [6.07, 6.45) is 6.43. The molecule has 0 aliphatic carbocycles. The first kappa shape index (κ1) is 10.4. The lowest BCUT2D eigenvalue weighted by Crippen LogP contribution is -2.33. The molecule has 0 spiro atoms. The summed E-state index contributed by atoms with van der Waals surface area (Å²) in [6, 6.07) is 13.1. The number of hydrogen-bond acceptors (Lipinski definition) is 1. The van der Waals surface area contributed by atoms with Crippen LogP contribution in [0.2, 0.25) is 0 Å². The standard InChI is InChI=1S/C17H14N3/c1-4-12-5-2-10-19-11-3-7-15-17(19)16(12)13(6-1)14-8-9-18-20(14)15/h1,3-4,6-9,11H,2,5,10H2/q+1. The average Bonchev–Trinajstić information content (AvgIpc) is 2.89. The molecule has 0 unspecified atom stereocenters. The molecule has 1 aromatic carbocycles. The predicted molar refractivity (Wildman–Crippen MR) is 78.7 cm³/mol. The molecular weight excluding hydrogens is 246 g/mol. The second-order valence-electron chi connectivity index (χ2n) is 5.51. The number of fused-ring (bicyclic) bond motifs is 3. The fraction of sp³-hybridized carbons (Fsp3) is 0.176. The van der Waals surface area contributed by atoms with E-state index in [0.717, 1.165) is 13.0 Å². The van der Waals surface area contributed by atoms with E-state index in [9.17, 15) is 0 Å². The molecule has 3 aromatic heterocycles. The second-order valence-corrected chi connectivity index (χ2v) is 5.51. The zero-order chi connectivity index (χ0) is 13.1. The van der Waals surface area contributed by atoms with Gasteiger partial charge in [-0.2, -0.15) is 9.67 Å². The molecule has 0 saturated carbocycles. The Morgan fingerprint density at radius 1 is 1.05 bits per heavy atom. The van der Waals surface area contributed by atoms with E-state index in [1.165, 1.54) is 39.3 Å². The van der Waals surface area contributed by atoms with Crippen molar-refractivity contribution in [2.75, 3.05) is 0 Å². The third kappa shape index (κ3) is 1.15. The molecule has 0 saturated heterocycles. The Hall–Kier alpha value is -2.42. The van der Waals surface area contributed by atoms with Gasteiger partial charge in [0, 0.05) is 17.9 Å². The van der Waals surface area contributed by atoms with Gasteiger partial charge in [0.25, 0.3) is 0 Å². The van der Waals surface area contributed by atoms with Crippen LogP contribution in [0.3, 0.4) is 0 Å². The van der Waals surface area contributed by atoms with Crippen LogP contribution in [-0.4, -0.2) is 9.61 Å². The van der Waals surface area contributed by atoms with Crippen molar-refractivity contribution in [3.8, 4) is 0 Å². The molecule has 5 rings (SSSR count). The number of rotatable bonds is 0. The fourth-order valence-electron chi connectivity index (χ4n) is 3.61. The molecule has 3 nitrogen and oxygen atoms in total. The van der Waals surface area contributed by atoms with Crippen LogP contribution in [0.25, 0.3) is 27.3 Å². The molecule has 1 aliphatic heterocycles. The molecule has 4 aromatic rings. The average molecular weight is 260 g/mol. The molecule has 96 valence electrons. The van der Waals surface area contributed by atoms with Gasteiger partial charge in [-0.25, -0.2) is 4.52 Å². The van der Waals surface area contributed by atoms with Crippen molar-refractivity contribution in [3.05, 3.63) is 54.4 Å². The molecule has 0 radical (unpaired) electrons. The van der Waals surface area contributed by atoms with Crippen molar-refractivity contribution in [1.82, 2.24) is 9.61 Å². The Labute approximate surface area is 116 Å². The summed E-state index contributed by atoms with van der Waals surface area (Å²) < 4.78 is 4.46. The minimum atomic E-state index is 1.08. The van der Waals surface area contributed by atoms with Gasteiger partial charge in [-0.1, -0.05) is 18.2 Å². The molecule has 20 heavy (non-hydrogen) atoms. The lowest BCUT2D eigenvalue weighted by Gasteiger charge is -2.07. The van der Waals surface area contributed by atoms with E-state index in [4.69, 9.17) is 0 Å². The number of nitrogens with zero attached hydrogens (tertiary/aromatic N) is 3. The monoisotopic (exact) mass is 260 g/mol. The van der Waals surface area contributed by atoms with E-state index >= 15 is 0 Å². The van der Waals surface area contributed by atoms with Gasteiger partial charge < -0.3 is 0 Å². The number of hydrogen-bond donors (Lipinski definition) is 0. The third-order valence-electron chi connectivity index (χ3n) is 4.43. The van der Waals surface area contributed by atoms with Crippen LogP contribution < -0.4 is 4.57 Å². The molecule has 0 N–H and O–H groups in total. The van der Waals surface area contributed by atoms with Gasteiger partial charge >= 0.3 is 0 Å². The van der Waals surface area contributed by atoms with Crippen molar-refractivity contribution < 1.29 is 4.57 Å². The number of aryl methyl sites for hydroxylation is 2. The molecule has 4 heterocycles. The van der Waals surface area contributed by atoms with Crippen molar-refractivity contribution in [2.45, 2.75) is 19.4 Å². The zero-order valence-corrected chi connectivity index (χ0v) is 11.1. The highest BCUT2D eigenvalue weighted by Crippen LogP contribution is 2.31. The molecular formula is C17H14N3+. The van der Waals surface area contributed by atoms with E-state index in [1.54, 1.807) is 0 Å². The molecule has 3 heteroatoms. The topological polar surface area (TPSA) is 21.2 Å². The first-order valence-corrected chi connectivity index (χ1v) is 7.13. The van der Waals surface area contributed by atoms with Crippen molar-refractivity contribution in [3.63, 3.8) is 0 Å². The summed E-state index contributed by atoms with van der Waals surface area (Å²) in [5, 5.41) is 7.25. The van der Waals surface area contributed by atoms with Crippen LogP contribution in [0, 0.1) is 0 Å². The van der Waals surface area contributed by atoms with Gasteiger partial charge in [0.1, 0.15) is 12.1 Å². The molecule has 0 fully saturated rings. The predicted octanol–water partition coefficient (Wildman–Crippen LogP) is 2.87. The molecule has 0 bridgehead atoms. The maximum atomic E-state index is 4.53. The largest absolute Gasteiger partial charge is 0.239 e. The minimum absolute atomic E-state index is 1.08. The quantitative estimate of drug-likeness (QED) is 0.352. The van der Waals surface area contributed by atoms with Crippen LogP contribution in [-0.2, 0) is 13.0 Å². The van der Waals surface area contributed by atoms with Gasteiger partial charge in [-0.15, -0.1) is 0 Å². The summed E-state index contributed by atoms with van der Waals surface area (Å²) >= 11 is 0. The Morgan fingerprint density at radius 3 is 3.05 bits per heavy atom. The first-order chi connectivity index (χ1) is 9.93. The maximum Gasteiger partial charge on any atom is 0.239 e. The third-order valence-corrected chi connectivity index (χ3v) is 4.43. The molecule has 1 aliphatic rings. The smallest absolute Gasteiger partial charge is 0.226 e. The Kier molecular flexibility index (Phi) is 1.85. The van der Waals surface area contributed by atoms with Crippen LogP contribution in [0.15, 0.2) is 48.8 Å². The van der Waals surface area contributed by atoms with Gasteiger partial charge in [0.2, 0.25) is 5.52 Å². The maximum absolute atomic E-state index is 4.53. The SMILES string of the molecule is c1cc2c3c(c1)c1ccnn1c1ccc[n+](c31)CCC2. The fourth-order valence-corrected chi connectivity index (χ4v) is 3.61. The van der Waals surface area contributed by atoms with E-state index in [-0.39, 0.29) is 0 Å². The Morgan fingerprint density at radius 2 is 2.05 bits per heavy atom. The van der Waals surface area contributed by atoms with Crippen LogP contribution >= 0.6 is 0 Å². The van der Waals surface area contributed by atoms with E-state index in [0.29, 0.717) is 0 Å². The Balaban J connectivity index is 2.24. The van der Waals surface area contributed by atoms with Crippen molar-refractivity contribution in [1.29, 1.82) is 0 Å². The lowest BCUT2D eigenvalue weighted by atomic mass is 10.0. The van der Waals surface area contributed by atoms with E-state index in [2.05, 4.69) is 56.8 Å². The van der Waals surface area contributed by atoms with Gasteiger partial charge in [-0.05, 0) is 24.1 Å². The summed E-state index contributed by atoms with van der Waals surface area (Å²) in [4.78, 5) is 0. The highest BCUT2D eigenvalue weighted by molar-refractivity contribution is 6.11. The van der Waals surface area contributed by atoms with Crippen molar-refractivity contribution >= 4 is 27.3 Å². The highest BCUT2D eigenvalue weighted by Gasteiger charge is 2.22. The number of pyridine rings is 2. The number of aromatic nitrogens is 3. The minimum Gasteiger partial charge on any atom is -0.226 e. The lowest BCUT2D eigenvalue weighted by molar-refractivity contribution is -0.670. The highest BCUT2D eigenvalue weighted by atomic mass is 15.2. The van der Waals surface area contributed by atoms with Gasteiger partial charge in [0.15, 0.2) is 6.20 Å². The van der Waals surface area contributed by atoms with Crippen LogP contribution in [0.4, 0.5) is 0 Å². The molecule has 0 amide bonds. The Bertz CT molecular complexity index is 904. The summed E-state index contributed by atoms with van der Waals surface area (Å²) in [6.45, 7) is 1.08. The molecule has 0 atom stereocenters. The summed E-state index contributed by atoms with van der Waals surface area (Å²) in [7, 11) is 0. The number of benzene rings is 1. The zero-order valence-electron chi connectivity index (χ0n) is 11.1. The van der Waals surface area contributed by atoms with Crippen molar-refractivity contribution in [2.24, 2.45) is 0 Å². The van der Waals surface area contributed by atoms with Gasteiger partial charge in [-0.3, -0.25) is 0 Å². The van der Waals surface area contributed by atoms with Gasteiger partial charge in [0.05, 0.1) is 17.1 Å². The van der Waals surface area contributed by atoms with Crippen LogP contribution in [0.1, 0.15) is 12.0 Å². The normalized spacial score (nSPS) is 14.4. The second kappa shape index (κ2) is 3.57. The van der Waals surface area contributed by atoms with Crippen LogP contribution in [0.5, 0.6) is 0 Å². The summed E-state index contributed by atoms with van der Waals surface area (Å²) in [5.41, 5.74) is 5.20. The van der Waals surface area contributed by atoms with E-state index < -0.39 is 0 Å². The first-order valence-electron chi connectivity index (χ1n) is 7.13. The summed E-state index contributed by atoms with van der Waals surface area (Å²) in [5.74, 6) is 0. The van der Waals surface area contributed by atoms with E-state index in [1.807, 2.05) is 6.20 Å².